The summed E-state index contributed by atoms with van der Waals surface area (Å²) in [7, 11) is 0. The SMILES string of the molecule is NC(=NCCCc1cnc[nH]1)NCCCCc1cnc[nH]1.O=[N+]([O-])c1cc([N+](=O)[O-])c(O)c([N+](=O)[O-])c1.O=[N+]([O-])c1cc([N+](=O)[O-])c(O)c([N+](=O)[O-])c1.O=[N+]([O-])c1cc([N+](=O)[O-])c(O)c([N+](=O)[O-])c1. The fourth-order valence-electron chi connectivity index (χ4n) is 4.95. The largest absolute Gasteiger partial charge is 0.497 e. The van der Waals surface area contributed by atoms with Crippen LogP contribution in [0, 0.1) is 91.0 Å². The summed E-state index contributed by atoms with van der Waals surface area (Å²) in [6, 6.07) is 2.68. The molecule has 0 bridgehead atoms. The Morgan fingerprint density at radius 2 is 0.783 bits per heavy atom. The van der Waals surface area contributed by atoms with Crippen LogP contribution in [0.5, 0.6) is 17.2 Å². The zero-order valence-corrected chi connectivity index (χ0v) is 34.4. The van der Waals surface area contributed by atoms with Gasteiger partial charge in [0, 0.05) is 36.9 Å². The van der Waals surface area contributed by atoms with Crippen LogP contribution in [0.2, 0.25) is 0 Å². The van der Waals surface area contributed by atoms with E-state index in [0.29, 0.717) is 42.4 Å². The number of aliphatic imine (C=N–C) groups is 1. The van der Waals surface area contributed by atoms with E-state index in [1.54, 1.807) is 12.7 Å². The summed E-state index contributed by atoms with van der Waals surface area (Å²) in [4.78, 5) is 102. The summed E-state index contributed by atoms with van der Waals surface area (Å²) >= 11 is 0. The van der Waals surface area contributed by atoms with E-state index in [-0.39, 0.29) is 0 Å². The highest BCUT2D eigenvalue weighted by Gasteiger charge is 2.32. The molecular formula is C32H32N16O21. The zero-order chi connectivity index (χ0) is 52.1. The average Bonchev–Trinajstić information content (AvgIpc) is 4.00. The van der Waals surface area contributed by atoms with Crippen molar-refractivity contribution < 1.29 is 59.6 Å². The van der Waals surface area contributed by atoms with E-state index < -0.39 is 113 Å². The molecule has 2 heterocycles. The van der Waals surface area contributed by atoms with Gasteiger partial charge in [0.25, 0.3) is 34.3 Å². The second kappa shape index (κ2) is 25.6. The smallest absolute Gasteiger partial charge is 0.324 e. The van der Waals surface area contributed by atoms with Gasteiger partial charge in [0.05, 0.1) is 93.4 Å². The first-order chi connectivity index (χ1) is 32.4. The highest BCUT2D eigenvalue weighted by Crippen LogP contribution is 2.41. The third-order valence-electron chi connectivity index (χ3n) is 8.15. The monoisotopic (exact) mass is 976 g/mol. The number of unbranched alkanes of at least 4 members (excludes halogenated alkanes) is 1. The Kier molecular flexibility index (Phi) is 20.2. The lowest BCUT2D eigenvalue weighted by Crippen LogP contribution is -2.32. The van der Waals surface area contributed by atoms with Crippen LogP contribution in [0.25, 0.3) is 0 Å². The number of aromatic hydroxyl groups is 3. The van der Waals surface area contributed by atoms with E-state index in [0.717, 1.165) is 50.9 Å². The second-order valence-electron chi connectivity index (χ2n) is 12.7. The van der Waals surface area contributed by atoms with Crippen LogP contribution < -0.4 is 11.1 Å². The minimum atomic E-state index is -1.21. The van der Waals surface area contributed by atoms with Gasteiger partial charge in [0.1, 0.15) is 0 Å². The molecule has 37 nitrogen and oxygen atoms in total. The molecule has 8 N–H and O–H groups in total. The summed E-state index contributed by atoms with van der Waals surface area (Å²) < 4.78 is 0. The number of phenolic OH excluding ortho intramolecular Hbond substituents is 3. The Labute approximate surface area is 378 Å². The predicted octanol–water partition coefficient (Wildman–Crippen LogP) is 4.34. The lowest BCUT2D eigenvalue weighted by atomic mass is 10.2. The fraction of sp³-hybridized carbons (Fsp3) is 0.219. The molecule has 0 fully saturated rings. The molecule has 3 aromatic carbocycles. The Hall–Kier alpha value is -10.7. The molecule has 69 heavy (non-hydrogen) atoms. The first-order valence-corrected chi connectivity index (χ1v) is 18.3. The minimum Gasteiger partial charge on any atom is -0.497 e. The van der Waals surface area contributed by atoms with Crippen LogP contribution >= 0.6 is 0 Å². The number of nitrogens with two attached hydrogens (primary N) is 1. The van der Waals surface area contributed by atoms with Gasteiger partial charge in [-0.25, -0.2) is 9.97 Å². The summed E-state index contributed by atoms with van der Waals surface area (Å²) in [5, 5.41) is 124. The van der Waals surface area contributed by atoms with Gasteiger partial charge in [-0.05, 0) is 32.1 Å². The van der Waals surface area contributed by atoms with Crippen LogP contribution in [0.3, 0.4) is 0 Å². The Balaban J connectivity index is 0.000000318. The lowest BCUT2D eigenvalue weighted by molar-refractivity contribution is -0.404. The summed E-state index contributed by atoms with van der Waals surface area (Å²) in [6.45, 7) is 1.58. The Bertz CT molecular complexity index is 2430. The number of H-pyrrole nitrogens is 2. The van der Waals surface area contributed by atoms with Crippen molar-refractivity contribution in [2.24, 2.45) is 10.7 Å². The van der Waals surface area contributed by atoms with Crippen LogP contribution in [0.4, 0.5) is 51.2 Å². The molecule has 5 aromatic rings. The number of hydrogen-bond acceptors (Lipinski definition) is 24. The lowest BCUT2D eigenvalue weighted by Gasteiger charge is -2.05. The number of phenols is 3. The fourth-order valence-corrected chi connectivity index (χ4v) is 4.95. The standard InChI is InChI=1S/C14H23N7.3C6H3N3O7/c15-14(19-7-3-5-13-9-17-11-21-13)18-6-2-1-4-12-8-16-10-20-12;3*10-6-4(8(13)14)1-3(7(11)12)2-5(6)9(15)16/h8-11H,1-7H2,(H,16,20)(H,17,21)(H3,15,18,19);3*1-2,10H. The number of hydrogen-bond donors (Lipinski definition) is 7. The molecule has 0 unspecified atom stereocenters. The molecule has 37 heteroatoms. The minimum absolute atomic E-state index is 0.447. The Morgan fingerprint density at radius 3 is 1.03 bits per heavy atom. The molecule has 0 amide bonds. The number of nitro groups is 9. The highest BCUT2D eigenvalue weighted by atomic mass is 16.7. The van der Waals surface area contributed by atoms with Crippen molar-refractivity contribution >= 4 is 57.1 Å². The van der Waals surface area contributed by atoms with Gasteiger partial charge >= 0.3 is 34.1 Å². The number of nitrogens with zero attached hydrogens (tertiary/aromatic N) is 12. The van der Waals surface area contributed by atoms with Gasteiger partial charge < -0.3 is 36.3 Å². The molecular weight excluding hydrogens is 944 g/mol. The number of aromatic nitrogens is 4. The van der Waals surface area contributed by atoms with E-state index >= 15 is 0 Å². The number of nitrogens with one attached hydrogen (secondary N) is 3. The van der Waals surface area contributed by atoms with Gasteiger partial charge in [0.15, 0.2) is 5.96 Å². The predicted molar refractivity (Wildman–Crippen MR) is 227 cm³/mol. The number of benzene rings is 3. The van der Waals surface area contributed by atoms with E-state index in [2.05, 4.69) is 30.2 Å². The van der Waals surface area contributed by atoms with Gasteiger partial charge in [-0.2, -0.15) is 0 Å². The molecule has 0 atom stereocenters. The molecule has 366 valence electrons. The zero-order valence-electron chi connectivity index (χ0n) is 34.4. The van der Waals surface area contributed by atoms with Gasteiger partial charge in [0.2, 0.25) is 0 Å². The highest BCUT2D eigenvalue weighted by molar-refractivity contribution is 5.77. The Morgan fingerprint density at radius 1 is 0.493 bits per heavy atom. The topological polar surface area (TPSA) is 557 Å². The quantitative estimate of drug-likeness (QED) is 0.0211. The van der Waals surface area contributed by atoms with Gasteiger partial charge in [-0.3, -0.25) is 96.0 Å². The van der Waals surface area contributed by atoms with Crippen molar-refractivity contribution in [3.63, 3.8) is 0 Å². The molecule has 0 saturated heterocycles. The summed E-state index contributed by atoms with van der Waals surface area (Å²) in [5.41, 5.74) is -0.882. The molecule has 2 aromatic heterocycles. The van der Waals surface area contributed by atoms with Crippen molar-refractivity contribution in [2.75, 3.05) is 13.1 Å². The van der Waals surface area contributed by atoms with Gasteiger partial charge in [-0.1, -0.05) is 0 Å². The van der Waals surface area contributed by atoms with Crippen molar-refractivity contribution in [2.45, 2.75) is 32.1 Å². The maximum absolute atomic E-state index is 10.4. The molecule has 0 saturated carbocycles. The average molecular weight is 977 g/mol. The molecule has 0 radical (unpaired) electrons. The van der Waals surface area contributed by atoms with Crippen LogP contribution in [0.1, 0.15) is 30.7 Å². The van der Waals surface area contributed by atoms with Gasteiger partial charge in [-0.15, -0.1) is 0 Å². The van der Waals surface area contributed by atoms with E-state index in [4.69, 9.17) is 21.1 Å². The van der Waals surface area contributed by atoms with E-state index in [9.17, 15) is 91.0 Å². The van der Waals surface area contributed by atoms with Crippen molar-refractivity contribution in [3.8, 4) is 17.2 Å². The number of aromatic amines is 2. The van der Waals surface area contributed by atoms with Crippen molar-refractivity contribution in [3.05, 3.63) is 164 Å². The summed E-state index contributed by atoms with van der Waals surface area (Å²) in [5.74, 6) is -3.09. The summed E-state index contributed by atoms with van der Waals surface area (Å²) in [6.07, 6.45) is 12.2. The first kappa shape index (κ1) is 54.5. The van der Waals surface area contributed by atoms with Crippen LogP contribution in [0.15, 0.2) is 66.4 Å². The number of imidazole rings is 2. The second-order valence-corrected chi connectivity index (χ2v) is 12.7. The molecule has 0 aliphatic carbocycles. The molecule has 0 aliphatic rings. The third kappa shape index (κ3) is 16.8. The van der Waals surface area contributed by atoms with E-state index in [1.807, 2.05) is 12.4 Å². The van der Waals surface area contributed by atoms with Crippen LogP contribution in [-0.4, -0.2) is 98.6 Å². The number of non-ortho nitro benzene ring substituents is 3. The maximum atomic E-state index is 10.4. The number of guanidine groups is 1. The molecule has 5 rings (SSSR count). The number of nitro benzene ring substituents is 9. The third-order valence-corrected chi connectivity index (χ3v) is 8.15. The normalized spacial score (nSPS) is 10.3. The first-order valence-electron chi connectivity index (χ1n) is 18.3. The van der Waals surface area contributed by atoms with Crippen molar-refractivity contribution in [1.82, 2.24) is 25.3 Å². The molecule has 0 aliphatic heterocycles. The van der Waals surface area contributed by atoms with E-state index in [1.165, 1.54) is 5.69 Å². The van der Waals surface area contributed by atoms with Crippen LogP contribution in [-0.2, 0) is 12.8 Å². The maximum Gasteiger partial charge on any atom is 0.324 e. The van der Waals surface area contributed by atoms with Crippen molar-refractivity contribution in [1.29, 1.82) is 0 Å². The number of aryl methyl sites for hydroxylation is 2. The number of rotatable bonds is 18. The molecule has 0 spiro atoms.